The number of rotatable bonds is 5. The summed E-state index contributed by atoms with van der Waals surface area (Å²) >= 11 is 7.51. The van der Waals surface area contributed by atoms with Gasteiger partial charge in [-0.3, -0.25) is 0 Å². The van der Waals surface area contributed by atoms with Crippen LogP contribution in [0, 0.1) is 0 Å². The van der Waals surface area contributed by atoms with Crippen molar-refractivity contribution in [2.75, 3.05) is 13.0 Å². The van der Waals surface area contributed by atoms with Gasteiger partial charge in [0.15, 0.2) is 11.2 Å². The molecule has 0 bridgehead atoms. The molecule has 110 valence electrons. The van der Waals surface area contributed by atoms with Gasteiger partial charge in [0, 0.05) is 23.9 Å². The Balaban J connectivity index is 2.21. The van der Waals surface area contributed by atoms with Crippen molar-refractivity contribution in [1.29, 1.82) is 0 Å². The lowest BCUT2D eigenvalue weighted by Crippen LogP contribution is -2.11. The Morgan fingerprint density at radius 2 is 2.24 bits per heavy atom. The van der Waals surface area contributed by atoms with Crippen molar-refractivity contribution in [2.45, 2.75) is 19.4 Å². The van der Waals surface area contributed by atoms with Gasteiger partial charge in [-0.05, 0) is 6.92 Å². The summed E-state index contributed by atoms with van der Waals surface area (Å²) in [5.41, 5.74) is 1.40. The van der Waals surface area contributed by atoms with E-state index in [-0.39, 0.29) is 6.04 Å². The van der Waals surface area contributed by atoms with Crippen molar-refractivity contribution in [3.8, 4) is 5.88 Å². The highest BCUT2D eigenvalue weighted by Gasteiger charge is 2.21. The maximum atomic E-state index is 5.91. The monoisotopic (exact) mass is 323 g/mol. The third-order valence-electron chi connectivity index (χ3n) is 3.22. The minimum absolute atomic E-state index is 0.0350. The van der Waals surface area contributed by atoms with E-state index in [9.17, 15) is 0 Å². The second-order valence-electron chi connectivity index (χ2n) is 4.44. The molecule has 1 atom stereocenters. The number of ether oxygens (including phenoxy) is 1. The lowest BCUT2D eigenvalue weighted by molar-refractivity contribution is 0.401. The van der Waals surface area contributed by atoms with Gasteiger partial charge in [-0.25, -0.2) is 15.0 Å². The summed E-state index contributed by atoms with van der Waals surface area (Å²) < 4.78 is 7.33. The molecule has 0 spiro atoms. The molecule has 0 radical (unpaired) electrons. The van der Waals surface area contributed by atoms with Gasteiger partial charge in [0.2, 0.25) is 5.88 Å². The van der Waals surface area contributed by atoms with Crippen LogP contribution in [0.2, 0.25) is 0 Å². The molecule has 3 heterocycles. The quantitative estimate of drug-likeness (QED) is 0.675. The lowest BCUT2D eigenvalue weighted by Gasteiger charge is -2.14. The Kier molecular flexibility index (Phi) is 4.03. The number of halogens is 1. The summed E-state index contributed by atoms with van der Waals surface area (Å²) in [6.45, 7) is 2.08. The van der Waals surface area contributed by atoms with Gasteiger partial charge in [0.25, 0.3) is 0 Å². The molecule has 21 heavy (non-hydrogen) atoms. The van der Waals surface area contributed by atoms with Gasteiger partial charge in [-0.2, -0.15) is 4.98 Å². The number of nitrogens with zero attached hydrogens (tertiary/aromatic N) is 5. The van der Waals surface area contributed by atoms with Gasteiger partial charge >= 0.3 is 0 Å². The minimum atomic E-state index is 0.0350. The van der Waals surface area contributed by atoms with Crippen molar-refractivity contribution < 1.29 is 4.74 Å². The molecular formula is C13H14ClN5OS. The highest BCUT2D eigenvalue weighted by atomic mass is 35.5. The SMILES string of the molecule is COc1ncnc2c1nc(CCCl)n2C(C)c1nccs1. The second-order valence-corrected chi connectivity index (χ2v) is 5.74. The fourth-order valence-corrected chi connectivity index (χ4v) is 3.16. The summed E-state index contributed by atoms with van der Waals surface area (Å²) in [5, 5.41) is 2.96. The number of thiazole rings is 1. The minimum Gasteiger partial charge on any atom is -0.479 e. The van der Waals surface area contributed by atoms with Crippen LogP contribution in [0.3, 0.4) is 0 Å². The maximum absolute atomic E-state index is 5.91. The average Bonchev–Trinajstić information content (AvgIpc) is 3.14. The number of alkyl halides is 1. The van der Waals surface area contributed by atoms with Crippen LogP contribution in [0.1, 0.15) is 23.8 Å². The zero-order valence-electron chi connectivity index (χ0n) is 11.7. The normalized spacial score (nSPS) is 12.7. The van der Waals surface area contributed by atoms with E-state index in [1.807, 2.05) is 5.38 Å². The Morgan fingerprint density at radius 3 is 2.90 bits per heavy atom. The number of methoxy groups -OCH3 is 1. The van der Waals surface area contributed by atoms with E-state index in [1.165, 1.54) is 6.33 Å². The first-order valence-electron chi connectivity index (χ1n) is 6.47. The van der Waals surface area contributed by atoms with E-state index in [2.05, 4.69) is 31.4 Å². The molecule has 3 aromatic heterocycles. The molecule has 0 fully saturated rings. The summed E-state index contributed by atoms with van der Waals surface area (Å²) in [6.07, 6.45) is 3.93. The average molecular weight is 324 g/mol. The van der Waals surface area contributed by atoms with Crippen LogP contribution in [0.15, 0.2) is 17.9 Å². The molecular weight excluding hydrogens is 310 g/mol. The molecule has 0 aliphatic heterocycles. The predicted molar refractivity (Wildman–Crippen MR) is 82.2 cm³/mol. The Bertz CT molecular complexity index is 742. The summed E-state index contributed by atoms with van der Waals surface area (Å²) in [6, 6.07) is 0.0350. The zero-order valence-corrected chi connectivity index (χ0v) is 13.2. The van der Waals surface area contributed by atoms with E-state index in [0.29, 0.717) is 23.7 Å². The number of aromatic nitrogens is 5. The highest BCUT2D eigenvalue weighted by Crippen LogP contribution is 2.29. The van der Waals surface area contributed by atoms with Crippen molar-refractivity contribution in [3.05, 3.63) is 28.7 Å². The molecule has 0 aliphatic rings. The third-order valence-corrected chi connectivity index (χ3v) is 4.36. The number of hydrogen-bond acceptors (Lipinski definition) is 6. The van der Waals surface area contributed by atoms with E-state index in [4.69, 9.17) is 16.3 Å². The van der Waals surface area contributed by atoms with Crippen LogP contribution in [-0.4, -0.2) is 37.5 Å². The number of fused-ring (bicyclic) bond motifs is 1. The van der Waals surface area contributed by atoms with Crippen molar-refractivity contribution in [1.82, 2.24) is 24.5 Å². The van der Waals surface area contributed by atoms with Gasteiger partial charge < -0.3 is 9.30 Å². The van der Waals surface area contributed by atoms with E-state index in [1.54, 1.807) is 24.6 Å². The molecule has 1 unspecified atom stereocenters. The molecule has 0 aliphatic carbocycles. The van der Waals surface area contributed by atoms with Gasteiger partial charge in [0.1, 0.15) is 17.2 Å². The van der Waals surface area contributed by atoms with Gasteiger partial charge in [0.05, 0.1) is 13.2 Å². The molecule has 0 amide bonds. The number of aryl methyl sites for hydroxylation is 1. The molecule has 6 nitrogen and oxygen atoms in total. The van der Waals surface area contributed by atoms with E-state index >= 15 is 0 Å². The standard InChI is InChI=1S/C13H14ClN5OS/c1-8(13-15-5-6-21-13)19-9(3-4-14)18-10-11(19)16-7-17-12(10)20-2/h5-8H,3-4H2,1-2H3. The fourth-order valence-electron chi connectivity index (χ4n) is 2.30. The third kappa shape index (κ3) is 2.47. The first-order valence-corrected chi connectivity index (χ1v) is 7.88. The highest BCUT2D eigenvalue weighted by molar-refractivity contribution is 7.09. The molecule has 0 aromatic carbocycles. The summed E-state index contributed by atoms with van der Waals surface area (Å²) in [7, 11) is 1.58. The Morgan fingerprint density at radius 1 is 1.38 bits per heavy atom. The van der Waals surface area contributed by atoms with Crippen LogP contribution in [-0.2, 0) is 6.42 Å². The van der Waals surface area contributed by atoms with Crippen molar-refractivity contribution in [2.24, 2.45) is 0 Å². The maximum Gasteiger partial charge on any atom is 0.245 e. The topological polar surface area (TPSA) is 65.7 Å². The van der Waals surface area contributed by atoms with Crippen molar-refractivity contribution >= 4 is 34.1 Å². The summed E-state index contributed by atoms with van der Waals surface area (Å²) in [4.78, 5) is 17.5. The van der Waals surface area contributed by atoms with E-state index in [0.717, 1.165) is 16.5 Å². The van der Waals surface area contributed by atoms with E-state index < -0.39 is 0 Å². The zero-order chi connectivity index (χ0) is 14.8. The number of hydrogen-bond donors (Lipinski definition) is 0. The van der Waals surface area contributed by atoms with Gasteiger partial charge in [-0.15, -0.1) is 22.9 Å². The fraction of sp³-hybridized carbons (Fsp3) is 0.385. The summed E-state index contributed by atoms with van der Waals surface area (Å²) in [5.74, 6) is 1.83. The van der Waals surface area contributed by atoms with Gasteiger partial charge in [-0.1, -0.05) is 0 Å². The molecule has 0 saturated carbocycles. The first-order chi connectivity index (χ1) is 10.3. The largest absolute Gasteiger partial charge is 0.479 e. The van der Waals surface area contributed by atoms with Crippen molar-refractivity contribution in [3.63, 3.8) is 0 Å². The molecule has 3 rings (SSSR count). The molecule has 0 saturated heterocycles. The Labute approximate surface area is 130 Å². The predicted octanol–water partition coefficient (Wildman–Crippen LogP) is 2.68. The molecule has 8 heteroatoms. The molecule has 0 N–H and O–H groups in total. The smallest absolute Gasteiger partial charge is 0.245 e. The van der Waals surface area contributed by atoms with Crippen LogP contribution >= 0.6 is 22.9 Å². The first kappa shape index (κ1) is 14.2. The number of imidazole rings is 1. The van der Waals surface area contributed by atoms with Crippen LogP contribution < -0.4 is 4.74 Å². The van der Waals surface area contributed by atoms with Crippen LogP contribution in [0.25, 0.3) is 11.2 Å². The lowest BCUT2D eigenvalue weighted by atomic mass is 10.3. The van der Waals surface area contributed by atoms with Crippen LogP contribution in [0.5, 0.6) is 5.88 Å². The second kappa shape index (κ2) is 5.95. The van der Waals surface area contributed by atoms with Crippen LogP contribution in [0.4, 0.5) is 0 Å². The molecule has 3 aromatic rings. The Hall–Kier alpha value is -1.73.